The molecule has 1 aliphatic heterocycles. The van der Waals surface area contributed by atoms with Crippen LogP contribution in [0.2, 0.25) is 5.02 Å². The molecule has 1 N–H and O–H groups in total. The van der Waals surface area contributed by atoms with Gasteiger partial charge in [0.15, 0.2) is 6.61 Å². The summed E-state index contributed by atoms with van der Waals surface area (Å²) in [5.41, 5.74) is 3.05. The van der Waals surface area contributed by atoms with E-state index in [1.165, 1.54) is 4.85 Å². The zero-order valence-electron chi connectivity index (χ0n) is 14.5. The highest BCUT2D eigenvalue weighted by molar-refractivity contribution is 6.31. The highest BCUT2D eigenvalue weighted by atomic mass is 35.5. The van der Waals surface area contributed by atoms with Gasteiger partial charge in [-0.05, 0) is 47.7 Å². The van der Waals surface area contributed by atoms with Crippen molar-refractivity contribution in [2.24, 2.45) is 0 Å². The van der Waals surface area contributed by atoms with Gasteiger partial charge in [0.1, 0.15) is 11.0 Å². The number of aromatic nitrogens is 3. The molecule has 9 heteroatoms. The van der Waals surface area contributed by atoms with Crippen molar-refractivity contribution in [3.05, 3.63) is 47.5 Å². The minimum atomic E-state index is -0.292. The van der Waals surface area contributed by atoms with Crippen molar-refractivity contribution in [3.8, 4) is 0 Å². The molecule has 0 radical (unpaired) electrons. The number of rotatable bonds is 5. The molecule has 8 nitrogen and oxygen atoms in total. The van der Waals surface area contributed by atoms with Gasteiger partial charge in [-0.25, -0.2) is 0 Å². The van der Waals surface area contributed by atoms with Gasteiger partial charge < -0.3 is 19.8 Å². The van der Waals surface area contributed by atoms with Gasteiger partial charge in [0.25, 0.3) is 5.91 Å². The predicted molar refractivity (Wildman–Crippen MR) is 102 cm³/mol. The number of ether oxygens (including phenoxy) is 1. The number of benzene rings is 2. The number of nitrogens with one attached hydrogen (secondary N) is 1. The smallest absolute Gasteiger partial charge is 0.265 e. The molecule has 1 aliphatic rings. The molecule has 1 saturated heterocycles. The molecule has 1 fully saturated rings. The largest absolute Gasteiger partial charge is 0.385 e. The third kappa shape index (κ3) is 4.12. The van der Waals surface area contributed by atoms with Crippen LogP contribution in [-0.4, -0.2) is 54.0 Å². The number of carbonyl (C=O) groups is 1. The minimum absolute atomic E-state index is 0.198. The van der Waals surface area contributed by atoms with E-state index in [9.17, 15) is 4.79 Å². The Bertz CT molecular complexity index is 938. The lowest BCUT2D eigenvalue weighted by atomic mass is 10.2. The summed E-state index contributed by atoms with van der Waals surface area (Å²) in [6.07, 6.45) is 0. The number of hydrogen-bond acceptors (Lipinski definition) is 6. The first kappa shape index (κ1) is 17.6. The molecular formula is C18H18ClN5O3. The average molecular weight is 388 g/mol. The lowest BCUT2D eigenvalue weighted by Gasteiger charge is -2.28. The van der Waals surface area contributed by atoms with Gasteiger partial charge in [0.2, 0.25) is 0 Å². The molecule has 2 heterocycles. The Labute approximate surface area is 160 Å². The van der Waals surface area contributed by atoms with E-state index in [4.69, 9.17) is 21.2 Å². The number of anilines is 2. The number of nitrogens with zero attached hydrogens (tertiary/aromatic N) is 4. The van der Waals surface area contributed by atoms with Gasteiger partial charge >= 0.3 is 0 Å². The molecule has 1 aromatic heterocycles. The quantitative estimate of drug-likeness (QED) is 0.721. The van der Waals surface area contributed by atoms with Crippen molar-refractivity contribution in [3.63, 3.8) is 0 Å². The summed E-state index contributed by atoms with van der Waals surface area (Å²) in [4.78, 5) is 21.0. The zero-order chi connectivity index (χ0) is 18.6. The molecule has 0 aliphatic carbocycles. The molecule has 3 aromatic rings. The van der Waals surface area contributed by atoms with Crippen LogP contribution in [0.5, 0.6) is 0 Å². The summed E-state index contributed by atoms with van der Waals surface area (Å²) >= 11 is 5.97. The molecule has 140 valence electrons. The predicted octanol–water partition coefficient (Wildman–Crippen LogP) is 1.99. The Morgan fingerprint density at radius 1 is 1.19 bits per heavy atom. The summed E-state index contributed by atoms with van der Waals surface area (Å²) in [6, 6.07) is 12.8. The highest BCUT2D eigenvalue weighted by Crippen LogP contribution is 2.19. The van der Waals surface area contributed by atoms with Crippen LogP contribution < -0.4 is 15.1 Å². The number of fused-ring (bicyclic) bond motifs is 1. The number of halogens is 1. The van der Waals surface area contributed by atoms with Crippen molar-refractivity contribution in [1.29, 1.82) is 0 Å². The fourth-order valence-corrected chi connectivity index (χ4v) is 3.03. The summed E-state index contributed by atoms with van der Waals surface area (Å²) in [7, 11) is 0. The van der Waals surface area contributed by atoms with Gasteiger partial charge in [-0.3, -0.25) is 4.79 Å². The Morgan fingerprint density at radius 3 is 2.74 bits per heavy atom. The summed E-state index contributed by atoms with van der Waals surface area (Å²) < 4.78 is 5.36. The van der Waals surface area contributed by atoms with Gasteiger partial charge in [-0.2, -0.15) is 0 Å². The molecule has 1 amide bonds. The van der Waals surface area contributed by atoms with Gasteiger partial charge in [-0.15, -0.1) is 5.10 Å². The van der Waals surface area contributed by atoms with Crippen LogP contribution in [0.1, 0.15) is 0 Å². The van der Waals surface area contributed by atoms with Crippen LogP contribution in [0.15, 0.2) is 42.5 Å². The Kier molecular flexibility index (Phi) is 5.08. The van der Waals surface area contributed by atoms with Crippen LogP contribution in [0, 0.1) is 0 Å². The van der Waals surface area contributed by atoms with Crippen LogP contribution in [-0.2, 0) is 9.53 Å². The molecule has 2 aromatic carbocycles. The van der Waals surface area contributed by atoms with Crippen molar-refractivity contribution in [2.45, 2.75) is 0 Å². The second kappa shape index (κ2) is 7.81. The minimum Gasteiger partial charge on any atom is -0.385 e. The summed E-state index contributed by atoms with van der Waals surface area (Å²) in [5, 5.41) is 11.2. The van der Waals surface area contributed by atoms with Crippen LogP contribution >= 0.6 is 11.6 Å². The van der Waals surface area contributed by atoms with E-state index in [1.54, 1.807) is 18.2 Å². The lowest BCUT2D eigenvalue weighted by Crippen LogP contribution is -2.36. The number of carbonyl (C=O) groups excluding carboxylic acids is 1. The maximum absolute atomic E-state index is 12.1. The molecule has 0 bridgehead atoms. The van der Waals surface area contributed by atoms with Crippen LogP contribution in [0.3, 0.4) is 0 Å². The van der Waals surface area contributed by atoms with Crippen molar-refractivity contribution in [2.75, 3.05) is 43.1 Å². The summed E-state index contributed by atoms with van der Waals surface area (Å²) in [5.74, 6) is -0.292. The molecule has 0 spiro atoms. The number of morpholine rings is 1. The van der Waals surface area contributed by atoms with E-state index >= 15 is 0 Å². The van der Waals surface area contributed by atoms with Gasteiger partial charge in [-0.1, -0.05) is 16.4 Å². The Balaban J connectivity index is 1.34. The van der Waals surface area contributed by atoms with Gasteiger partial charge in [0.05, 0.1) is 13.2 Å². The van der Waals surface area contributed by atoms with E-state index in [2.05, 4.69) is 20.5 Å². The lowest BCUT2D eigenvalue weighted by molar-refractivity contribution is -0.121. The van der Waals surface area contributed by atoms with E-state index in [0.717, 1.165) is 32.0 Å². The summed E-state index contributed by atoms with van der Waals surface area (Å²) in [6.45, 7) is 3.01. The van der Waals surface area contributed by atoms with E-state index in [-0.39, 0.29) is 12.5 Å². The van der Waals surface area contributed by atoms with Crippen molar-refractivity contribution < 1.29 is 14.4 Å². The molecule has 0 saturated carbocycles. The number of hydrogen-bond donors (Lipinski definition) is 1. The highest BCUT2D eigenvalue weighted by Gasteiger charge is 2.12. The van der Waals surface area contributed by atoms with E-state index in [0.29, 0.717) is 21.7 Å². The fourth-order valence-electron chi connectivity index (χ4n) is 2.86. The molecule has 27 heavy (non-hydrogen) atoms. The maximum atomic E-state index is 12.1. The molecule has 4 rings (SSSR count). The fraction of sp³-hybridized carbons (Fsp3) is 0.278. The molecular weight excluding hydrogens is 370 g/mol. The first-order valence-corrected chi connectivity index (χ1v) is 8.94. The van der Waals surface area contributed by atoms with Crippen molar-refractivity contribution >= 4 is 39.9 Å². The third-order valence-corrected chi connectivity index (χ3v) is 4.46. The molecule has 0 unspecified atom stereocenters. The third-order valence-electron chi connectivity index (χ3n) is 4.22. The topological polar surface area (TPSA) is 81.5 Å². The van der Waals surface area contributed by atoms with Crippen molar-refractivity contribution in [1.82, 2.24) is 15.2 Å². The van der Waals surface area contributed by atoms with E-state index < -0.39 is 0 Å². The second-order valence-corrected chi connectivity index (χ2v) is 6.50. The monoisotopic (exact) mass is 387 g/mol. The molecule has 0 atom stereocenters. The van der Waals surface area contributed by atoms with E-state index in [1.807, 2.05) is 24.3 Å². The zero-order valence-corrected chi connectivity index (χ0v) is 15.2. The average Bonchev–Trinajstić information content (AvgIpc) is 3.10. The Hall–Kier alpha value is -2.84. The first-order chi connectivity index (χ1) is 13.2. The number of amides is 1. The Morgan fingerprint density at radius 2 is 1.96 bits per heavy atom. The van der Waals surface area contributed by atoms with Crippen LogP contribution in [0.25, 0.3) is 11.0 Å². The maximum Gasteiger partial charge on any atom is 0.265 e. The second-order valence-electron chi connectivity index (χ2n) is 6.06. The van der Waals surface area contributed by atoms with Crippen LogP contribution in [0.4, 0.5) is 11.4 Å². The normalized spacial score (nSPS) is 14.3. The SMILES string of the molecule is O=C(COn1nnc2ccc(Cl)cc21)Nc1ccc(N2CCOCC2)cc1. The van der Waals surface area contributed by atoms with Gasteiger partial charge in [0, 0.05) is 29.5 Å². The first-order valence-electron chi connectivity index (χ1n) is 8.56. The standard InChI is InChI=1S/C18H18ClN5O3/c19-13-1-6-16-17(11-13)24(22-21-16)27-12-18(25)20-14-2-4-15(5-3-14)23-7-9-26-10-8-23/h1-6,11H,7-10,12H2,(H,20,25).